The molecule has 3 nitrogen and oxygen atoms in total. The van der Waals surface area contributed by atoms with Crippen LogP contribution in [0.5, 0.6) is 0 Å². The molecule has 60 valence electrons. The molecule has 11 heavy (non-hydrogen) atoms. The standard InChI is InChI=1S/C4H4S.C2H2N2O.H3P/c1-2-4-5-3-1;3-1-2-4-5;/h1-4H;2,5H;1H3. The minimum atomic E-state index is 0. The third kappa shape index (κ3) is 12.3. The molecule has 0 spiro atoms. The Kier molecular flexibility index (Phi) is 13.7. The average Bonchev–Trinajstić information content (AvgIpc) is 2.44. The fraction of sp³-hybridized carbons (Fsp3) is 0. The smallest absolute Gasteiger partial charge is 0.143 e. The molecule has 0 aliphatic rings. The topological polar surface area (TPSA) is 56.4 Å². The van der Waals surface area contributed by atoms with Crippen LogP contribution in [0.15, 0.2) is 28.0 Å². The van der Waals surface area contributed by atoms with Gasteiger partial charge in [0.15, 0.2) is 0 Å². The number of hydrogen-bond acceptors (Lipinski definition) is 4. The zero-order chi connectivity index (χ0) is 7.66. The molecule has 0 fully saturated rings. The lowest BCUT2D eigenvalue weighted by Gasteiger charge is -1.52. The van der Waals surface area contributed by atoms with Gasteiger partial charge in [-0.25, -0.2) is 0 Å². The van der Waals surface area contributed by atoms with Gasteiger partial charge in [0, 0.05) is 0 Å². The Bertz CT molecular complexity index is 188. The molecule has 0 radical (unpaired) electrons. The second kappa shape index (κ2) is 11.8. The molecule has 0 bridgehead atoms. The first kappa shape index (κ1) is 12.7. The first-order chi connectivity index (χ1) is 4.91. The summed E-state index contributed by atoms with van der Waals surface area (Å²) in [6.45, 7) is 0. The van der Waals surface area contributed by atoms with E-state index in [0.717, 1.165) is 6.21 Å². The van der Waals surface area contributed by atoms with Crippen molar-refractivity contribution in [1.29, 1.82) is 5.26 Å². The van der Waals surface area contributed by atoms with E-state index in [1.165, 1.54) is 6.07 Å². The Morgan fingerprint density at radius 3 is 2.09 bits per heavy atom. The van der Waals surface area contributed by atoms with Gasteiger partial charge in [-0.05, 0) is 10.8 Å². The molecule has 0 saturated heterocycles. The van der Waals surface area contributed by atoms with E-state index in [4.69, 9.17) is 10.5 Å². The number of thiophene rings is 1. The lowest BCUT2D eigenvalue weighted by atomic mass is 10.7. The molecule has 1 aromatic heterocycles. The highest BCUT2D eigenvalue weighted by Gasteiger charge is 1.58. The quantitative estimate of drug-likeness (QED) is 0.292. The van der Waals surface area contributed by atoms with Crippen molar-refractivity contribution in [1.82, 2.24) is 0 Å². The van der Waals surface area contributed by atoms with Gasteiger partial charge in [-0.15, -0.1) is 0 Å². The van der Waals surface area contributed by atoms with Crippen molar-refractivity contribution in [2.75, 3.05) is 0 Å². The normalized spacial score (nSPS) is 7.18. The lowest BCUT2D eigenvalue weighted by molar-refractivity contribution is 0.322. The average molecular weight is 188 g/mol. The van der Waals surface area contributed by atoms with E-state index in [1.54, 1.807) is 11.3 Å². The van der Waals surface area contributed by atoms with Gasteiger partial charge in [0.25, 0.3) is 0 Å². The maximum atomic E-state index is 7.51. The summed E-state index contributed by atoms with van der Waals surface area (Å²) in [6, 6.07) is 5.51. The summed E-state index contributed by atoms with van der Waals surface area (Å²) in [5.41, 5.74) is 0. The van der Waals surface area contributed by atoms with Crippen molar-refractivity contribution in [3.63, 3.8) is 0 Å². The van der Waals surface area contributed by atoms with Gasteiger partial charge in [0.1, 0.15) is 12.3 Å². The van der Waals surface area contributed by atoms with Gasteiger partial charge in [-0.1, -0.05) is 17.3 Å². The zero-order valence-corrected chi connectivity index (χ0v) is 8.07. The molecule has 0 amide bonds. The molecule has 0 saturated carbocycles. The highest BCUT2D eigenvalue weighted by atomic mass is 32.1. The molecule has 0 aliphatic carbocycles. The van der Waals surface area contributed by atoms with Crippen LogP contribution in [0.2, 0.25) is 0 Å². The van der Waals surface area contributed by atoms with E-state index >= 15 is 0 Å². The Morgan fingerprint density at radius 1 is 1.45 bits per heavy atom. The second-order valence-electron chi connectivity index (χ2n) is 1.17. The van der Waals surface area contributed by atoms with Crippen LogP contribution < -0.4 is 0 Å². The Hall–Kier alpha value is -0.910. The molecule has 1 atom stereocenters. The first-order valence-electron chi connectivity index (χ1n) is 2.44. The van der Waals surface area contributed by atoms with Crippen LogP contribution in [-0.4, -0.2) is 11.4 Å². The Balaban J connectivity index is 0. The molecular formula is C6H9N2OPS. The molecule has 0 aliphatic heterocycles. The van der Waals surface area contributed by atoms with E-state index < -0.39 is 0 Å². The van der Waals surface area contributed by atoms with Crippen molar-refractivity contribution in [2.45, 2.75) is 0 Å². The predicted octanol–water partition coefficient (Wildman–Crippen LogP) is 1.78. The van der Waals surface area contributed by atoms with E-state index in [9.17, 15) is 0 Å². The summed E-state index contributed by atoms with van der Waals surface area (Å²) in [7, 11) is 0. The van der Waals surface area contributed by atoms with Crippen molar-refractivity contribution >= 4 is 27.5 Å². The highest BCUT2D eigenvalue weighted by molar-refractivity contribution is 7.07. The maximum absolute atomic E-state index is 7.51. The minimum Gasteiger partial charge on any atom is -0.410 e. The van der Waals surface area contributed by atoms with E-state index in [1.807, 2.05) is 22.9 Å². The molecular weight excluding hydrogens is 179 g/mol. The number of rotatable bonds is 0. The monoisotopic (exact) mass is 188 g/mol. The molecule has 1 rings (SSSR count). The third-order valence-corrected chi connectivity index (χ3v) is 1.17. The summed E-state index contributed by atoms with van der Waals surface area (Å²) in [6.07, 6.45) is 0.736. The van der Waals surface area contributed by atoms with Crippen LogP contribution in [-0.2, 0) is 0 Å². The molecule has 5 heteroatoms. The van der Waals surface area contributed by atoms with Crippen LogP contribution in [0.4, 0.5) is 0 Å². The molecule has 1 aromatic rings. The molecule has 1 unspecified atom stereocenters. The second-order valence-corrected chi connectivity index (χ2v) is 1.98. The largest absolute Gasteiger partial charge is 0.410 e. The third-order valence-electron chi connectivity index (χ3n) is 0.541. The zero-order valence-electron chi connectivity index (χ0n) is 5.84. The van der Waals surface area contributed by atoms with Crippen molar-refractivity contribution in [3.8, 4) is 6.07 Å². The van der Waals surface area contributed by atoms with E-state index in [-0.39, 0.29) is 9.90 Å². The van der Waals surface area contributed by atoms with Crippen LogP contribution in [0.25, 0.3) is 0 Å². The fourth-order valence-electron chi connectivity index (χ4n) is 0.253. The fourth-order valence-corrected chi connectivity index (χ4v) is 0.706. The Morgan fingerprint density at radius 2 is 2.00 bits per heavy atom. The summed E-state index contributed by atoms with van der Waals surface area (Å²) in [4.78, 5) is 0. The van der Waals surface area contributed by atoms with Crippen LogP contribution >= 0.6 is 21.2 Å². The van der Waals surface area contributed by atoms with Crippen LogP contribution in [0, 0.1) is 11.3 Å². The first-order valence-corrected chi connectivity index (χ1v) is 3.38. The van der Waals surface area contributed by atoms with E-state index in [0.29, 0.717) is 0 Å². The number of oxime groups is 1. The molecule has 1 N–H and O–H groups in total. The van der Waals surface area contributed by atoms with Gasteiger partial charge in [-0.3, -0.25) is 0 Å². The van der Waals surface area contributed by atoms with Gasteiger partial charge < -0.3 is 5.21 Å². The maximum Gasteiger partial charge on any atom is 0.143 e. The van der Waals surface area contributed by atoms with Gasteiger partial charge in [-0.2, -0.15) is 26.5 Å². The van der Waals surface area contributed by atoms with Gasteiger partial charge in [0.05, 0.1) is 0 Å². The number of nitrogens with zero attached hydrogens (tertiary/aromatic N) is 2. The Labute approximate surface area is 72.6 Å². The van der Waals surface area contributed by atoms with Crippen molar-refractivity contribution < 1.29 is 5.21 Å². The summed E-state index contributed by atoms with van der Waals surface area (Å²) < 4.78 is 0. The van der Waals surface area contributed by atoms with E-state index in [2.05, 4.69) is 5.16 Å². The van der Waals surface area contributed by atoms with Crippen molar-refractivity contribution in [3.05, 3.63) is 22.9 Å². The van der Waals surface area contributed by atoms with Crippen molar-refractivity contribution in [2.24, 2.45) is 5.16 Å². The lowest BCUT2D eigenvalue weighted by Crippen LogP contribution is -1.55. The highest BCUT2D eigenvalue weighted by Crippen LogP contribution is 1.91. The minimum absolute atomic E-state index is 0. The molecule has 1 heterocycles. The molecule has 0 aromatic carbocycles. The number of nitriles is 1. The SMILES string of the molecule is N#CC=NO.P.c1ccsc1. The predicted molar refractivity (Wildman–Crippen MR) is 51.3 cm³/mol. The van der Waals surface area contributed by atoms with Gasteiger partial charge in [0.2, 0.25) is 0 Å². The van der Waals surface area contributed by atoms with Gasteiger partial charge >= 0.3 is 0 Å². The summed E-state index contributed by atoms with van der Waals surface area (Å²) in [5.74, 6) is 0. The van der Waals surface area contributed by atoms with Crippen LogP contribution in [0.3, 0.4) is 0 Å². The number of hydrogen-bond donors (Lipinski definition) is 1. The summed E-state index contributed by atoms with van der Waals surface area (Å²) >= 11 is 1.71. The van der Waals surface area contributed by atoms with Crippen LogP contribution in [0.1, 0.15) is 0 Å². The summed E-state index contributed by atoms with van der Waals surface area (Å²) in [5, 5.41) is 21.4.